The van der Waals surface area contributed by atoms with Gasteiger partial charge in [0.05, 0.1) is 28.0 Å². The number of piperazine rings is 1. The number of carbonyl (C=O) groups excluding carboxylic acids is 2. The van der Waals surface area contributed by atoms with Gasteiger partial charge < -0.3 is 9.64 Å². The molecule has 0 aromatic heterocycles. The number of halogens is 2. The summed E-state index contributed by atoms with van der Waals surface area (Å²) in [6, 6.07) is 11.6. The molecule has 2 amide bonds. The molecule has 1 fully saturated rings. The van der Waals surface area contributed by atoms with Crippen LogP contribution in [0.2, 0.25) is 10.0 Å². The fourth-order valence-corrected chi connectivity index (χ4v) is 6.78. The zero-order valence-corrected chi connectivity index (χ0v) is 32.5. The summed E-state index contributed by atoms with van der Waals surface area (Å²) in [6.07, 6.45) is 32.9. The summed E-state index contributed by atoms with van der Waals surface area (Å²) in [5.74, 6) is 0.439. The molecule has 8 heteroatoms. The molecule has 0 aliphatic carbocycles. The van der Waals surface area contributed by atoms with Crippen molar-refractivity contribution in [2.45, 2.75) is 90.4 Å². The van der Waals surface area contributed by atoms with Gasteiger partial charge in [-0.2, -0.15) is 0 Å². The van der Waals surface area contributed by atoms with Crippen molar-refractivity contribution in [2.24, 2.45) is 0 Å². The highest BCUT2D eigenvalue weighted by Gasteiger charge is 2.29. The summed E-state index contributed by atoms with van der Waals surface area (Å²) in [5, 5.41) is 1.22. The Morgan fingerprint density at radius 2 is 1.40 bits per heavy atom. The molecule has 2 aliphatic heterocycles. The SMILES string of the molecule is CCC/C=C\C/C=C\C/C=C\C/C=C\C/C=C\CCCC(=O)N1C(=O)CCc2ccc(OCCCCN3CCN(c4cccc(Cl)c4Cl)CC3)cc21. The molecule has 52 heavy (non-hydrogen) atoms. The number of carbonyl (C=O) groups is 2. The minimum atomic E-state index is -0.135. The number of fused-ring (bicyclic) bond motifs is 1. The zero-order valence-electron chi connectivity index (χ0n) is 31.0. The van der Waals surface area contributed by atoms with Crippen molar-refractivity contribution in [3.63, 3.8) is 0 Å². The normalized spacial score (nSPS) is 15.7. The van der Waals surface area contributed by atoms with Gasteiger partial charge in [0.25, 0.3) is 0 Å². The maximum Gasteiger partial charge on any atom is 0.234 e. The van der Waals surface area contributed by atoms with Gasteiger partial charge in [0.1, 0.15) is 5.75 Å². The number of ether oxygens (including phenoxy) is 1. The number of anilines is 2. The Bertz CT molecular complexity index is 1560. The fourth-order valence-electron chi connectivity index (χ4n) is 6.36. The van der Waals surface area contributed by atoms with Gasteiger partial charge >= 0.3 is 0 Å². The molecule has 2 aromatic rings. The number of imide groups is 1. The number of nitrogens with zero attached hydrogens (tertiary/aromatic N) is 3. The van der Waals surface area contributed by atoms with Crippen LogP contribution in [0.4, 0.5) is 11.4 Å². The minimum Gasteiger partial charge on any atom is -0.494 e. The zero-order chi connectivity index (χ0) is 36.8. The molecule has 0 atom stereocenters. The van der Waals surface area contributed by atoms with E-state index in [-0.39, 0.29) is 11.8 Å². The maximum absolute atomic E-state index is 13.2. The van der Waals surface area contributed by atoms with Crippen molar-refractivity contribution >= 4 is 46.4 Å². The highest BCUT2D eigenvalue weighted by molar-refractivity contribution is 6.43. The molecule has 0 spiro atoms. The van der Waals surface area contributed by atoms with Gasteiger partial charge in [0, 0.05) is 45.1 Å². The molecule has 0 unspecified atom stereocenters. The summed E-state index contributed by atoms with van der Waals surface area (Å²) in [7, 11) is 0. The lowest BCUT2D eigenvalue weighted by Gasteiger charge is -2.36. The topological polar surface area (TPSA) is 53.1 Å². The second kappa shape index (κ2) is 23.9. The standard InChI is InChI=1S/C44H57Cl2N3O3/c1-2-3-4-5-6-7-8-9-10-11-12-13-14-15-16-17-18-19-25-42(50)49-41-36-38(28-26-37(41)27-29-43(49)51)52-35-21-20-30-47-31-33-48(34-32-47)40-24-22-23-39(45)44(40)46/h4-5,7-8,10-11,13-14,16-17,22-24,26,28,36H,2-3,6,9,12,15,18-21,25,27,29-35H2,1H3/b5-4-,8-7-,11-10-,14-13-,17-16-. The average Bonchev–Trinajstić information content (AvgIpc) is 3.15. The lowest BCUT2D eigenvalue weighted by molar-refractivity contribution is -0.126. The van der Waals surface area contributed by atoms with Gasteiger partial charge in [-0.3, -0.25) is 19.4 Å². The summed E-state index contributed by atoms with van der Waals surface area (Å²) in [6.45, 7) is 7.60. The molecule has 2 aromatic carbocycles. The van der Waals surface area contributed by atoms with Crippen LogP contribution >= 0.6 is 23.2 Å². The Balaban J connectivity index is 1.10. The van der Waals surface area contributed by atoms with Crippen molar-refractivity contribution in [3.8, 4) is 5.75 Å². The Morgan fingerprint density at radius 1 is 0.750 bits per heavy atom. The molecule has 2 heterocycles. The largest absolute Gasteiger partial charge is 0.494 e. The second-order valence-corrected chi connectivity index (χ2v) is 14.1. The number of rotatable bonds is 21. The number of benzene rings is 2. The molecule has 0 saturated carbocycles. The van der Waals surface area contributed by atoms with Crippen molar-refractivity contribution in [3.05, 3.63) is 113 Å². The van der Waals surface area contributed by atoms with E-state index in [1.54, 1.807) is 0 Å². The van der Waals surface area contributed by atoms with E-state index in [0.29, 0.717) is 53.8 Å². The molecule has 280 valence electrons. The third-order valence-electron chi connectivity index (χ3n) is 9.33. The van der Waals surface area contributed by atoms with Crippen LogP contribution in [0.3, 0.4) is 0 Å². The van der Waals surface area contributed by atoms with Crippen LogP contribution in [0.25, 0.3) is 0 Å². The molecular weight excluding hydrogens is 689 g/mol. The van der Waals surface area contributed by atoms with Crippen LogP contribution in [-0.2, 0) is 16.0 Å². The minimum absolute atomic E-state index is 0.127. The fraction of sp³-hybridized carbons (Fsp3) is 0.455. The van der Waals surface area contributed by atoms with Crippen molar-refractivity contribution in [1.29, 1.82) is 0 Å². The summed E-state index contributed by atoms with van der Waals surface area (Å²) >= 11 is 12.6. The van der Waals surface area contributed by atoms with E-state index in [2.05, 4.69) is 77.5 Å². The van der Waals surface area contributed by atoms with E-state index < -0.39 is 0 Å². The number of unbranched alkanes of at least 4 members (excludes halogenated alkanes) is 3. The predicted molar refractivity (Wildman–Crippen MR) is 220 cm³/mol. The van der Waals surface area contributed by atoms with Crippen LogP contribution in [0, 0.1) is 0 Å². The molecule has 2 aliphatic rings. The van der Waals surface area contributed by atoms with Gasteiger partial charge in [0.2, 0.25) is 11.8 Å². The smallest absolute Gasteiger partial charge is 0.234 e. The van der Waals surface area contributed by atoms with Crippen LogP contribution in [-0.4, -0.2) is 56.0 Å². The van der Waals surface area contributed by atoms with E-state index in [1.807, 2.05) is 36.4 Å². The van der Waals surface area contributed by atoms with Crippen LogP contribution in [0.15, 0.2) is 97.2 Å². The maximum atomic E-state index is 13.2. The Kier molecular flexibility index (Phi) is 18.9. The number of aryl methyl sites for hydroxylation is 1. The third-order valence-corrected chi connectivity index (χ3v) is 10.1. The Labute approximate surface area is 322 Å². The van der Waals surface area contributed by atoms with E-state index in [1.165, 1.54) is 11.3 Å². The van der Waals surface area contributed by atoms with E-state index in [4.69, 9.17) is 27.9 Å². The second-order valence-electron chi connectivity index (χ2n) is 13.4. The van der Waals surface area contributed by atoms with Gasteiger partial charge in [-0.1, -0.05) is 109 Å². The summed E-state index contributed by atoms with van der Waals surface area (Å²) in [4.78, 5) is 32.3. The van der Waals surface area contributed by atoms with Crippen molar-refractivity contribution in [2.75, 3.05) is 49.1 Å². The van der Waals surface area contributed by atoms with Gasteiger partial charge in [0.15, 0.2) is 0 Å². The third kappa shape index (κ3) is 14.1. The Morgan fingerprint density at radius 3 is 2.08 bits per heavy atom. The summed E-state index contributed by atoms with van der Waals surface area (Å²) < 4.78 is 6.10. The van der Waals surface area contributed by atoms with Crippen LogP contribution in [0.5, 0.6) is 5.75 Å². The first-order valence-electron chi connectivity index (χ1n) is 19.3. The summed E-state index contributed by atoms with van der Waals surface area (Å²) in [5.41, 5.74) is 2.71. The van der Waals surface area contributed by atoms with Crippen LogP contribution in [0.1, 0.15) is 89.5 Å². The van der Waals surface area contributed by atoms with Gasteiger partial charge in [-0.05, 0) is 94.5 Å². The number of hydrogen-bond donors (Lipinski definition) is 0. The van der Waals surface area contributed by atoms with E-state index in [9.17, 15) is 9.59 Å². The lowest BCUT2D eigenvalue weighted by Crippen LogP contribution is -2.46. The molecular formula is C44H57Cl2N3O3. The highest BCUT2D eigenvalue weighted by atomic mass is 35.5. The van der Waals surface area contributed by atoms with E-state index in [0.717, 1.165) is 95.3 Å². The Hall–Kier alpha value is -3.58. The number of amides is 2. The van der Waals surface area contributed by atoms with Gasteiger partial charge in [-0.15, -0.1) is 0 Å². The predicted octanol–water partition coefficient (Wildman–Crippen LogP) is 11.1. The molecule has 0 radical (unpaired) electrons. The van der Waals surface area contributed by atoms with Gasteiger partial charge in [-0.25, -0.2) is 0 Å². The number of hydrogen-bond acceptors (Lipinski definition) is 5. The average molecular weight is 747 g/mol. The molecule has 0 N–H and O–H groups in total. The molecule has 6 nitrogen and oxygen atoms in total. The lowest BCUT2D eigenvalue weighted by atomic mass is 10.00. The first-order valence-corrected chi connectivity index (χ1v) is 20.0. The first-order chi connectivity index (χ1) is 25.5. The molecule has 0 bridgehead atoms. The first kappa shape index (κ1) is 41.2. The van der Waals surface area contributed by atoms with Crippen molar-refractivity contribution < 1.29 is 14.3 Å². The van der Waals surface area contributed by atoms with Crippen LogP contribution < -0.4 is 14.5 Å². The molecule has 4 rings (SSSR count). The molecule has 1 saturated heterocycles. The monoisotopic (exact) mass is 745 g/mol. The quantitative estimate of drug-likeness (QED) is 0.0940. The van der Waals surface area contributed by atoms with E-state index >= 15 is 0 Å². The number of allylic oxidation sites excluding steroid dienone is 10. The highest BCUT2D eigenvalue weighted by Crippen LogP contribution is 2.34. The van der Waals surface area contributed by atoms with Crippen molar-refractivity contribution in [1.82, 2.24) is 4.90 Å².